The number of allylic oxidation sites excluding steroid dienone is 2. The Bertz CT molecular complexity index is 1090. The molecule has 0 aliphatic heterocycles. The summed E-state index contributed by atoms with van der Waals surface area (Å²) in [7, 11) is 0. The Balaban J connectivity index is 1.94. The molecular formula is C19H15ClINO7. The summed E-state index contributed by atoms with van der Waals surface area (Å²) in [5.74, 6) is -6.50. The summed E-state index contributed by atoms with van der Waals surface area (Å²) in [4.78, 5) is 37.6. The van der Waals surface area contributed by atoms with Gasteiger partial charge in [0.2, 0.25) is 5.78 Å². The molecule has 1 amide bonds. The maximum Gasteiger partial charge on any atom is 0.255 e. The number of aromatic hydroxyl groups is 1. The number of hydrogen-bond donors (Lipinski definition) is 5. The predicted octanol–water partition coefficient (Wildman–Crippen LogP) is 1.84. The molecule has 0 saturated carbocycles. The molecule has 3 atom stereocenters. The minimum Gasteiger partial charge on any atom is -0.511 e. The van der Waals surface area contributed by atoms with Crippen LogP contribution in [-0.4, -0.2) is 43.5 Å². The lowest BCUT2D eigenvalue weighted by Crippen LogP contribution is -2.57. The van der Waals surface area contributed by atoms with E-state index >= 15 is 0 Å². The second kappa shape index (κ2) is 6.44. The molecule has 0 unspecified atom stereocenters. The van der Waals surface area contributed by atoms with Crippen LogP contribution in [0.2, 0.25) is 5.02 Å². The van der Waals surface area contributed by atoms with Crippen molar-refractivity contribution in [2.45, 2.75) is 24.9 Å². The van der Waals surface area contributed by atoms with Crippen LogP contribution in [0.3, 0.4) is 0 Å². The number of Topliss-reactive ketones (excluding diaryl/α,β-unsaturated/α-hetero) is 2. The van der Waals surface area contributed by atoms with Crippen molar-refractivity contribution in [1.29, 1.82) is 0 Å². The van der Waals surface area contributed by atoms with Crippen molar-refractivity contribution in [3.05, 3.63) is 48.5 Å². The topological polar surface area (TPSA) is 158 Å². The van der Waals surface area contributed by atoms with E-state index in [1.165, 1.54) is 6.07 Å². The largest absolute Gasteiger partial charge is 0.511 e. The summed E-state index contributed by atoms with van der Waals surface area (Å²) in [6, 6.07) is 1.52. The van der Waals surface area contributed by atoms with Gasteiger partial charge >= 0.3 is 0 Å². The van der Waals surface area contributed by atoms with E-state index in [-0.39, 0.29) is 41.2 Å². The Morgan fingerprint density at radius 1 is 1.24 bits per heavy atom. The van der Waals surface area contributed by atoms with E-state index in [4.69, 9.17) is 17.3 Å². The number of fused-ring (bicyclic) bond motifs is 3. The quantitative estimate of drug-likeness (QED) is 0.273. The standard InChI is InChI=1S/C19H15ClINO7/c20-8-4-9(21)14(24)12-7(8)2-5-1-6-3-10(23)13(18(22)28)17(27)19(6,29)16(26)11(5)15(12)25/h4-6,23-24,26,29H,1-3H2,(H2,22,28)/t5-,6+,19+/m1/s1. The second-order valence-electron chi connectivity index (χ2n) is 7.45. The number of amides is 1. The summed E-state index contributed by atoms with van der Waals surface area (Å²) in [6.07, 6.45) is 0.00473. The maximum absolute atomic E-state index is 13.2. The molecule has 152 valence electrons. The molecule has 3 aliphatic rings. The zero-order valence-electron chi connectivity index (χ0n) is 14.7. The van der Waals surface area contributed by atoms with E-state index < -0.39 is 52.0 Å². The molecule has 1 aromatic carbocycles. The maximum atomic E-state index is 13.2. The van der Waals surface area contributed by atoms with Gasteiger partial charge in [-0.15, -0.1) is 0 Å². The number of ketones is 2. The number of aliphatic hydroxyl groups is 3. The number of phenolic OH excluding ortho intramolecular Hbond substituents is 1. The molecule has 10 heteroatoms. The molecule has 0 aromatic heterocycles. The number of rotatable bonds is 1. The van der Waals surface area contributed by atoms with Crippen molar-refractivity contribution in [2.75, 3.05) is 0 Å². The van der Waals surface area contributed by atoms with E-state index in [0.717, 1.165) is 0 Å². The highest BCUT2D eigenvalue weighted by Gasteiger charge is 2.59. The number of carbonyl (C=O) groups excluding carboxylic acids is 3. The summed E-state index contributed by atoms with van der Waals surface area (Å²) in [5, 5.41) is 42.7. The lowest BCUT2D eigenvalue weighted by Gasteiger charge is -2.45. The minimum atomic E-state index is -2.56. The highest BCUT2D eigenvalue weighted by atomic mass is 127. The van der Waals surface area contributed by atoms with Gasteiger partial charge in [-0.2, -0.15) is 0 Å². The van der Waals surface area contributed by atoms with Gasteiger partial charge in [0, 0.05) is 22.9 Å². The molecule has 3 aliphatic carbocycles. The van der Waals surface area contributed by atoms with Crippen molar-refractivity contribution in [1.82, 2.24) is 0 Å². The Kier molecular flexibility index (Phi) is 4.48. The monoisotopic (exact) mass is 531 g/mol. The number of carbonyl (C=O) groups is 3. The van der Waals surface area contributed by atoms with E-state index in [2.05, 4.69) is 0 Å². The van der Waals surface area contributed by atoms with Gasteiger partial charge in [-0.3, -0.25) is 14.4 Å². The van der Waals surface area contributed by atoms with Crippen molar-refractivity contribution in [2.24, 2.45) is 17.6 Å². The van der Waals surface area contributed by atoms with Gasteiger partial charge in [-0.1, -0.05) is 11.6 Å². The lowest BCUT2D eigenvalue weighted by molar-refractivity contribution is -0.144. The summed E-state index contributed by atoms with van der Waals surface area (Å²) in [6.45, 7) is 0. The smallest absolute Gasteiger partial charge is 0.255 e. The van der Waals surface area contributed by atoms with E-state index in [0.29, 0.717) is 9.13 Å². The highest BCUT2D eigenvalue weighted by molar-refractivity contribution is 14.1. The SMILES string of the molecule is NC(=O)C1=C(O)C[C@@H]2C[C@@H]3Cc4c(Cl)cc(I)c(O)c4C(=O)C3=C(O)[C@]2(O)C1=O. The molecule has 0 saturated heterocycles. The first-order valence-electron chi connectivity index (χ1n) is 8.67. The number of phenols is 1. The van der Waals surface area contributed by atoms with Crippen LogP contribution >= 0.6 is 34.2 Å². The Hall–Kier alpha value is -2.11. The predicted molar refractivity (Wildman–Crippen MR) is 109 cm³/mol. The van der Waals surface area contributed by atoms with Gasteiger partial charge < -0.3 is 26.2 Å². The average Bonchev–Trinajstić information content (AvgIpc) is 2.62. The van der Waals surface area contributed by atoms with Gasteiger partial charge in [0.05, 0.1) is 9.13 Å². The molecule has 29 heavy (non-hydrogen) atoms. The van der Waals surface area contributed by atoms with Gasteiger partial charge in [-0.05, 0) is 53.0 Å². The zero-order chi connectivity index (χ0) is 21.4. The molecule has 0 radical (unpaired) electrons. The number of halogens is 2. The van der Waals surface area contributed by atoms with E-state index in [1.807, 2.05) is 22.6 Å². The first kappa shape index (κ1) is 20.2. The van der Waals surface area contributed by atoms with Crippen molar-refractivity contribution in [3.63, 3.8) is 0 Å². The van der Waals surface area contributed by atoms with E-state index in [9.17, 15) is 34.8 Å². The number of nitrogens with two attached hydrogens (primary N) is 1. The van der Waals surface area contributed by atoms with E-state index in [1.54, 1.807) is 0 Å². The number of aliphatic hydroxyl groups excluding tert-OH is 2. The molecule has 0 fully saturated rings. The van der Waals surface area contributed by atoms with Crippen molar-refractivity contribution < 1.29 is 34.8 Å². The Morgan fingerprint density at radius 3 is 2.52 bits per heavy atom. The van der Waals surface area contributed by atoms with Gasteiger partial charge in [-0.25, -0.2) is 0 Å². The number of primary amides is 1. The molecule has 0 heterocycles. The second-order valence-corrected chi connectivity index (χ2v) is 9.02. The fraction of sp³-hybridized carbons (Fsp3) is 0.316. The van der Waals surface area contributed by atoms with Crippen LogP contribution in [0.4, 0.5) is 0 Å². The van der Waals surface area contributed by atoms with Crippen LogP contribution in [0, 0.1) is 15.4 Å². The zero-order valence-corrected chi connectivity index (χ0v) is 17.6. The molecule has 8 nitrogen and oxygen atoms in total. The Morgan fingerprint density at radius 2 is 1.90 bits per heavy atom. The number of hydrogen-bond acceptors (Lipinski definition) is 7. The molecule has 4 rings (SSSR count). The van der Waals surface area contributed by atoms with Crippen LogP contribution in [0.1, 0.15) is 28.8 Å². The summed E-state index contributed by atoms with van der Waals surface area (Å²) < 4.78 is 0.336. The fourth-order valence-corrected chi connectivity index (χ4v) is 5.66. The van der Waals surface area contributed by atoms with Gasteiger partial charge in [0.25, 0.3) is 5.91 Å². The first-order valence-corrected chi connectivity index (χ1v) is 10.1. The molecule has 0 spiro atoms. The third kappa shape index (κ3) is 2.57. The third-order valence-corrected chi connectivity index (χ3v) is 7.12. The van der Waals surface area contributed by atoms with Crippen molar-refractivity contribution >= 4 is 51.7 Å². The summed E-state index contributed by atoms with van der Waals surface area (Å²) in [5.41, 5.74) is 1.92. The van der Waals surface area contributed by atoms with Gasteiger partial charge in [0.15, 0.2) is 11.4 Å². The molecule has 6 N–H and O–H groups in total. The van der Waals surface area contributed by atoms with Gasteiger partial charge in [0.1, 0.15) is 22.8 Å². The fourth-order valence-electron chi connectivity index (χ4n) is 4.61. The third-order valence-electron chi connectivity index (χ3n) is 5.96. The summed E-state index contributed by atoms with van der Waals surface area (Å²) >= 11 is 8.08. The van der Waals surface area contributed by atoms with Crippen LogP contribution in [0.15, 0.2) is 28.7 Å². The van der Waals surface area contributed by atoms with Crippen LogP contribution in [0.25, 0.3) is 0 Å². The molecule has 0 bridgehead atoms. The average molecular weight is 532 g/mol. The first-order chi connectivity index (χ1) is 13.5. The van der Waals surface area contributed by atoms with Crippen molar-refractivity contribution in [3.8, 4) is 5.75 Å². The normalized spacial score (nSPS) is 28.8. The Labute approximate surface area is 182 Å². The van der Waals surface area contributed by atoms with Crippen LogP contribution in [0.5, 0.6) is 5.75 Å². The number of benzene rings is 1. The highest BCUT2D eigenvalue weighted by Crippen LogP contribution is 2.52. The molecule has 1 aromatic rings. The van der Waals surface area contributed by atoms with Crippen LogP contribution < -0.4 is 5.73 Å². The lowest BCUT2D eigenvalue weighted by atomic mass is 9.60. The molecular weight excluding hydrogens is 517 g/mol. The minimum absolute atomic E-state index is 0.0754. The van der Waals surface area contributed by atoms with Crippen LogP contribution in [-0.2, 0) is 16.0 Å².